The zero-order chi connectivity index (χ0) is 20.1. The highest BCUT2D eigenvalue weighted by Crippen LogP contribution is 2.56. The summed E-state index contributed by atoms with van der Waals surface area (Å²) in [4.78, 5) is 25.4. The average Bonchev–Trinajstić information content (AvgIpc) is 3.45. The Hall–Kier alpha value is -2.51. The van der Waals surface area contributed by atoms with Crippen LogP contribution in [0.1, 0.15) is 18.9 Å². The van der Waals surface area contributed by atoms with Crippen LogP contribution in [0.15, 0.2) is 53.4 Å². The van der Waals surface area contributed by atoms with Crippen LogP contribution in [0.5, 0.6) is 11.5 Å². The van der Waals surface area contributed by atoms with Crippen molar-refractivity contribution in [2.45, 2.75) is 24.7 Å². The number of hydroxylamine groups is 1. The van der Waals surface area contributed by atoms with Crippen LogP contribution in [-0.4, -0.2) is 29.9 Å². The predicted molar refractivity (Wildman–Crippen MR) is 106 cm³/mol. The van der Waals surface area contributed by atoms with E-state index in [1.54, 1.807) is 24.2 Å². The number of nitrogens with one attached hydrogen (secondary N) is 1. The Morgan fingerprint density at radius 1 is 1.14 bits per heavy atom. The number of amides is 1. The third-order valence-electron chi connectivity index (χ3n) is 4.92. The van der Waals surface area contributed by atoms with E-state index in [4.69, 9.17) is 14.7 Å². The zero-order valence-corrected chi connectivity index (χ0v) is 16.6. The highest BCUT2D eigenvalue weighted by atomic mass is 32.2. The number of benzene rings is 2. The van der Waals surface area contributed by atoms with Crippen molar-refractivity contribution < 1.29 is 24.3 Å². The summed E-state index contributed by atoms with van der Waals surface area (Å²) >= 11 is 1.67. The molecule has 0 bridgehead atoms. The fourth-order valence-corrected chi connectivity index (χ4v) is 3.72. The van der Waals surface area contributed by atoms with E-state index >= 15 is 0 Å². The number of thioether (sulfide) groups is 1. The second-order valence-electron chi connectivity index (χ2n) is 6.71. The fourth-order valence-electron chi connectivity index (χ4n) is 3.31. The van der Waals surface area contributed by atoms with Gasteiger partial charge in [0.1, 0.15) is 11.5 Å². The predicted octanol–water partition coefficient (Wildman–Crippen LogP) is 3.82. The van der Waals surface area contributed by atoms with Crippen molar-refractivity contribution in [3.05, 3.63) is 54.1 Å². The molecule has 28 heavy (non-hydrogen) atoms. The number of rotatable bonds is 8. The molecule has 2 aromatic rings. The molecule has 0 unspecified atom stereocenters. The van der Waals surface area contributed by atoms with Crippen molar-refractivity contribution in [3.8, 4) is 11.5 Å². The second kappa shape index (κ2) is 8.67. The Labute approximate surface area is 168 Å². The minimum Gasteiger partial charge on any atom is -0.466 e. The van der Waals surface area contributed by atoms with Crippen LogP contribution in [-0.2, 0) is 20.7 Å². The fraction of sp³-hybridized carbons (Fsp3) is 0.333. The molecule has 1 amide bonds. The first-order valence-corrected chi connectivity index (χ1v) is 10.3. The number of ether oxygens (including phenoxy) is 2. The minimum atomic E-state index is -0.918. The summed E-state index contributed by atoms with van der Waals surface area (Å²) in [5.41, 5.74) is 1.62. The molecule has 7 heteroatoms. The van der Waals surface area contributed by atoms with Gasteiger partial charge < -0.3 is 9.47 Å². The van der Waals surface area contributed by atoms with Gasteiger partial charge in [0.2, 0.25) is 5.91 Å². The van der Waals surface area contributed by atoms with Crippen LogP contribution >= 0.6 is 11.8 Å². The lowest BCUT2D eigenvalue weighted by molar-refractivity contribution is -0.152. The molecule has 1 aliphatic rings. The lowest BCUT2D eigenvalue weighted by atomic mass is 9.93. The first kappa shape index (κ1) is 20.2. The van der Waals surface area contributed by atoms with Gasteiger partial charge >= 0.3 is 5.97 Å². The van der Waals surface area contributed by atoms with Crippen LogP contribution in [0.2, 0.25) is 0 Å². The van der Waals surface area contributed by atoms with Gasteiger partial charge in [0.15, 0.2) is 0 Å². The van der Waals surface area contributed by atoms with E-state index in [9.17, 15) is 9.59 Å². The maximum atomic E-state index is 12.4. The van der Waals surface area contributed by atoms with Gasteiger partial charge in [0.05, 0.1) is 17.9 Å². The molecule has 0 heterocycles. The molecule has 2 N–H and O–H groups in total. The SMILES string of the molecule is CCOC(=O)[C@@]1(Cc2ccc(Oc3ccc(SC)cc3)cc2)C[C@@H]1C(=O)NO. The molecule has 0 aromatic heterocycles. The Morgan fingerprint density at radius 3 is 2.29 bits per heavy atom. The lowest BCUT2D eigenvalue weighted by Crippen LogP contribution is -2.30. The summed E-state index contributed by atoms with van der Waals surface area (Å²) in [5.74, 6) is -0.108. The Balaban J connectivity index is 1.69. The molecular weight excluding hydrogens is 378 g/mol. The average molecular weight is 401 g/mol. The summed E-state index contributed by atoms with van der Waals surface area (Å²) in [6.07, 6.45) is 2.75. The molecule has 1 saturated carbocycles. The molecule has 1 aliphatic carbocycles. The van der Waals surface area contributed by atoms with Gasteiger partial charge in [-0.15, -0.1) is 11.8 Å². The first-order valence-electron chi connectivity index (χ1n) is 9.04. The van der Waals surface area contributed by atoms with Crippen LogP contribution in [0.25, 0.3) is 0 Å². The second-order valence-corrected chi connectivity index (χ2v) is 7.59. The maximum absolute atomic E-state index is 12.4. The van der Waals surface area contributed by atoms with E-state index in [1.165, 1.54) is 0 Å². The van der Waals surface area contributed by atoms with Crippen LogP contribution in [0.4, 0.5) is 0 Å². The van der Waals surface area contributed by atoms with E-state index in [-0.39, 0.29) is 6.61 Å². The van der Waals surface area contributed by atoms with Gasteiger partial charge in [-0.05, 0) is 68.0 Å². The first-order chi connectivity index (χ1) is 13.5. The summed E-state index contributed by atoms with van der Waals surface area (Å²) in [5, 5.41) is 8.90. The monoisotopic (exact) mass is 401 g/mol. The molecule has 0 radical (unpaired) electrons. The topological polar surface area (TPSA) is 84.9 Å². The van der Waals surface area contributed by atoms with Gasteiger partial charge in [-0.25, -0.2) is 5.48 Å². The Bertz CT molecular complexity index is 837. The van der Waals surface area contributed by atoms with Gasteiger partial charge in [0.25, 0.3) is 0 Å². The Morgan fingerprint density at radius 2 is 1.75 bits per heavy atom. The quantitative estimate of drug-likeness (QED) is 0.303. The highest BCUT2D eigenvalue weighted by molar-refractivity contribution is 7.98. The van der Waals surface area contributed by atoms with Crippen molar-refractivity contribution in [1.29, 1.82) is 0 Å². The Kier molecular flexibility index (Phi) is 6.26. The van der Waals surface area contributed by atoms with Gasteiger partial charge in [-0.3, -0.25) is 14.8 Å². The zero-order valence-electron chi connectivity index (χ0n) is 15.8. The van der Waals surface area contributed by atoms with Crippen molar-refractivity contribution in [3.63, 3.8) is 0 Å². The van der Waals surface area contributed by atoms with Gasteiger partial charge in [0, 0.05) is 4.90 Å². The minimum absolute atomic E-state index is 0.246. The third-order valence-corrected chi connectivity index (χ3v) is 5.67. The van der Waals surface area contributed by atoms with Crippen molar-refractivity contribution in [1.82, 2.24) is 5.48 Å². The van der Waals surface area contributed by atoms with E-state index < -0.39 is 23.2 Å². The van der Waals surface area contributed by atoms with E-state index in [0.717, 1.165) is 16.2 Å². The number of carbonyl (C=O) groups excluding carboxylic acids is 2. The molecule has 3 rings (SSSR count). The van der Waals surface area contributed by atoms with Crippen molar-refractivity contribution >= 4 is 23.6 Å². The third kappa shape index (κ3) is 4.31. The van der Waals surface area contributed by atoms with E-state index in [0.29, 0.717) is 18.6 Å². The van der Waals surface area contributed by atoms with Gasteiger partial charge in [-0.2, -0.15) is 0 Å². The summed E-state index contributed by atoms with van der Waals surface area (Å²) in [6, 6.07) is 15.2. The summed E-state index contributed by atoms with van der Waals surface area (Å²) in [7, 11) is 0. The van der Waals surface area contributed by atoms with E-state index in [1.807, 2.05) is 54.8 Å². The maximum Gasteiger partial charge on any atom is 0.313 e. The molecule has 2 atom stereocenters. The molecule has 0 aliphatic heterocycles. The van der Waals surface area contributed by atoms with E-state index in [2.05, 4.69) is 0 Å². The van der Waals surface area contributed by atoms with Crippen molar-refractivity contribution in [2.75, 3.05) is 12.9 Å². The van der Waals surface area contributed by atoms with Gasteiger partial charge in [-0.1, -0.05) is 12.1 Å². The van der Waals surface area contributed by atoms with Crippen LogP contribution in [0.3, 0.4) is 0 Å². The lowest BCUT2D eigenvalue weighted by Gasteiger charge is -2.16. The van der Waals surface area contributed by atoms with Crippen LogP contribution < -0.4 is 10.2 Å². The molecule has 0 saturated heterocycles. The van der Waals surface area contributed by atoms with Crippen molar-refractivity contribution in [2.24, 2.45) is 11.3 Å². The standard InChI is InChI=1S/C21H23NO5S/c1-3-26-20(24)21(13-18(21)19(23)22-25)12-14-4-6-15(7-5-14)27-16-8-10-17(28-2)11-9-16/h4-11,18,25H,3,12-13H2,1-2H3,(H,22,23)/t18-,21+/m1/s1. The smallest absolute Gasteiger partial charge is 0.313 e. The summed E-state index contributed by atoms with van der Waals surface area (Å²) in [6.45, 7) is 1.98. The number of esters is 1. The molecule has 6 nitrogen and oxygen atoms in total. The molecule has 0 spiro atoms. The largest absolute Gasteiger partial charge is 0.466 e. The number of carbonyl (C=O) groups is 2. The number of hydrogen-bond acceptors (Lipinski definition) is 6. The normalized spacial score (nSPS) is 20.3. The molecule has 1 fully saturated rings. The molecular formula is C21H23NO5S. The molecule has 2 aromatic carbocycles. The highest BCUT2D eigenvalue weighted by Gasteiger charge is 2.64. The number of hydrogen-bond donors (Lipinski definition) is 2. The van der Waals surface area contributed by atoms with Crippen LogP contribution in [0, 0.1) is 11.3 Å². The molecule has 148 valence electrons. The summed E-state index contributed by atoms with van der Waals surface area (Å²) < 4.78 is 11.0.